The van der Waals surface area contributed by atoms with Gasteiger partial charge in [0.2, 0.25) is 0 Å². The summed E-state index contributed by atoms with van der Waals surface area (Å²) in [6.45, 7) is 3.82. The lowest BCUT2D eigenvalue weighted by atomic mass is 10.1. The summed E-state index contributed by atoms with van der Waals surface area (Å²) in [5.41, 5.74) is 0.537. The number of aliphatic hydroxyl groups is 1. The molecule has 1 heterocycles. The predicted octanol–water partition coefficient (Wildman–Crippen LogP) is 0.167. The molecule has 2 unspecified atom stereocenters. The van der Waals surface area contributed by atoms with E-state index in [-0.39, 0.29) is 24.5 Å². The number of nitrogens with zero attached hydrogens (tertiary/aromatic N) is 2. The third kappa shape index (κ3) is 3.06. The largest absolute Gasteiger partial charge is 0.396 e. The minimum absolute atomic E-state index is 0.0469. The fourth-order valence-corrected chi connectivity index (χ4v) is 1.13. The molecule has 0 spiro atoms. The zero-order valence-corrected chi connectivity index (χ0v) is 9.27. The molecule has 1 amide bonds. The number of aliphatic hydroxyl groups excluding tert-OH is 1. The monoisotopic (exact) mass is 211 g/mol. The Balaban J connectivity index is 2.56. The van der Waals surface area contributed by atoms with Crippen molar-refractivity contribution in [1.29, 1.82) is 0 Å². The summed E-state index contributed by atoms with van der Waals surface area (Å²) in [6, 6.07) is -0.0530. The average Bonchev–Trinajstić information content (AvgIpc) is 2.63. The van der Waals surface area contributed by atoms with E-state index in [1.165, 1.54) is 6.20 Å². The topological polar surface area (TPSA) is 67.2 Å². The minimum atomic E-state index is -0.157. The zero-order chi connectivity index (χ0) is 11.4. The molecule has 1 aromatic heterocycles. The molecule has 0 fully saturated rings. The molecule has 0 aliphatic carbocycles. The van der Waals surface area contributed by atoms with Crippen LogP contribution in [0.1, 0.15) is 24.2 Å². The highest BCUT2D eigenvalue weighted by molar-refractivity contribution is 5.93. The molecule has 0 aromatic carbocycles. The van der Waals surface area contributed by atoms with E-state index in [9.17, 15) is 4.79 Å². The van der Waals surface area contributed by atoms with Crippen LogP contribution in [-0.2, 0) is 7.05 Å². The average molecular weight is 211 g/mol. The van der Waals surface area contributed by atoms with Gasteiger partial charge in [0.05, 0.1) is 11.8 Å². The van der Waals surface area contributed by atoms with Crippen LogP contribution in [0, 0.1) is 5.92 Å². The number of hydrogen-bond donors (Lipinski definition) is 2. The molecule has 0 saturated carbocycles. The first kappa shape index (κ1) is 11.7. The summed E-state index contributed by atoms with van der Waals surface area (Å²) >= 11 is 0. The van der Waals surface area contributed by atoms with Crippen LogP contribution in [0.25, 0.3) is 0 Å². The van der Waals surface area contributed by atoms with Crippen LogP contribution in [0.4, 0.5) is 0 Å². The Morgan fingerprint density at radius 3 is 2.80 bits per heavy atom. The van der Waals surface area contributed by atoms with Gasteiger partial charge in [-0.05, 0) is 12.8 Å². The van der Waals surface area contributed by atoms with Crippen molar-refractivity contribution in [2.45, 2.75) is 19.9 Å². The molecule has 0 aliphatic heterocycles. The van der Waals surface area contributed by atoms with Crippen molar-refractivity contribution >= 4 is 5.91 Å². The van der Waals surface area contributed by atoms with E-state index in [1.807, 2.05) is 13.8 Å². The van der Waals surface area contributed by atoms with Crippen molar-refractivity contribution in [2.75, 3.05) is 6.61 Å². The lowest BCUT2D eigenvalue weighted by Gasteiger charge is -2.18. The molecular formula is C10H17N3O2. The first-order chi connectivity index (χ1) is 7.04. The summed E-state index contributed by atoms with van der Waals surface area (Å²) in [7, 11) is 1.76. The van der Waals surface area contributed by atoms with E-state index in [4.69, 9.17) is 5.11 Å². The van der Waals surface area contributed by atoms with Gasteiger partial charge in [0, 0.05) is 25.9 Å². The molecule has 1 rings (SSSR count). The molecular weight excluding hydrogens is 194 g/mol. The SMILES string of the molecule is CC(CO)C(C)NC(=O)c1cnn(C)c1. The predicted molar refractivity (Wildman–Crippen MR) is 56.4 cm³/mol. The van der Waals surface area contributed by atoms with Crippen LogP contribution in [0.5, 0.6) is 0 Å². The highest BCUT2D eigenvalue weighted by atomic mass is 16.3. The van der Waals surface area contributed by atoms with Crippen LogP contribution in [-0.4, -0.2) is 33.4 Å². The number of hydrogen-bond acceptors (Lipinski definition) is 3. The second-order valence-corrected chi connectivity index (χ2v) is 3.82. The molecule has 0 aliphatic rings. The molecule has 5 nitrogen and oxygen atoms in total. The van der Waals surface area contributed by atoms with E-state index in [2.05, 4.69) is 10.4 Å². The molecule has 2 atom stereocenters. The Bertz CT molecular complexity index is 335. The summed E-state index contributed by atoms with van der Waals surface area (Å²) in [5.74, 6) is -0.110. The summed E-state index contributed by atoms with van der Waals surface area (Å²) < 4.78 is 1.58. The third-order valence-electron chi connectivity index (χ3n) is 2.47. The summed E-state index contributed by atoms with van der Waals surface area (Å²) in [5, 5.41) is 15.6. The third-order valence-corrected chi connectivity index (χ3v) is 2.47. The highest BCUT2D eigenvalue weighted by Crippen LogP contribution is 2.03. The highest BCUT2D eigenvalue weighted by Gasteiger charge is 2.15. The Kier molecular flexibility index (Phi) is 3.85. The molecule has 5 heteroatoms. The number of carbonyl (C=O) groups is 1. The molecule has 2 N–H and O–H groups in total. The Hall–Kier alpha value is -1.36. The minimum Gasteiger partial charge on any atom is -0.396 e. The van der Waals surface area contributed by atoms with Crippen LogP contribution in [0.15, 0.2) is 12.4 Å². The zero-order valence-electron chi connectivity index (χ0n) is 9.27. The van der Waals surface area contributed by atoms with Gasteiger partial charge in [0.15, 0.2) is 0 Å². The normalized spacial score (nSPS) is 14.7. The van der Waals surface area contributed by atoms with Gasteiger partial charge in [0.25, 0.3) is 5.91 Å². The van der Waals surface area contributed by atoms with Crippen molar-refractivity contribution in [3.63, 3.8) is 0 Å². The summed E-state index contributed by atoms with van der Waals surface area (Å²) in [6.07, 6.45) is 3.18. The van der Waals surface area contributed by atoms with E-state index in [0.29, 0.717) is 5.56 Å². The van der Waals surface area contributed by atoms with Gasteiger partial charge in [-0.15, -0.1) is 0 Å². The van der Waals surface area contributed by atoms with E-state index in [0.717, 1.165) is 0 Å². The smallest absolute Gasteiger partial charge is 0.254 e. The fraction of sp³-hybridized carbons (Fsp3) is 0.600. The number of rotatable bonds is 4. The lowest BCUT2D eigenvalue weighted by Crippen LogP contribution is -2.38. The fourth-order valence-electron chi connectivity index (χ4n) is 1.13. The van der Waals surface area contributed by atoms with Crippen molar-refractivity contribution in [2.24, 2.45) is 13.0 Å². The first-order valence-corrected chi connectivity index (χ1v) is 4.95. The van der Waals surface area contributed by atoms with Gasteiger partial charge in [0.1, 0.15) is 0 Å². The van der Waals surface area contributed by atoms with Gasteiger partial charge in [-0.1, -0.05) is 6.92 Å². The van der Waals surface area contributed by atoms with Crippen LogP contribution < -0.4 is 5.32 Å². The molecule has 15 heavy (non-hydrogen) atoms. The lowest BCUT2D eigenvalue weighted by molar-refractivity contribution is 0.0916. The Labute approximate surface area is 89.1 Å². The van der Waals surface area contributed by atoms with Gasteiger partial charge in [-0.2, -0.15) is 5.10 Å². The number of aromatic nitrogens is 2. The second-order valence-electron chi connectivity index (χ2n) is 3.82. The van der Waals surface area contributed by atoms with Crippen LogP contribution >= 0.6 is 0 Å². The van der Waals surface area contributed by atoms with Crippen LogP contribution in [0.3, 0.4) is 0 Å². The maximum atomic E-state index is 11.6. The van der Waals surface area contributed by atoms with Crippen LogP contribution in [0.2, 0.25) is 0 Å². The van der Waals surface area contributed by atoms with Crippen molar-refractivity contribution in [3.8, 4) is 0 Å². The van der Waals surface area contributed by atoms with Gasteiger partial charge >= 0.3 is 0 Å². The van der Waals surface area contributed by atoms with E-state index >= 15 is 0 Å². The molecule has 1 aromatic rings. The van der Waals surface area contributed by atoms with E-state index in [1.54, 1.807) is 17.9 Å². The Morgan fingerprint density at radius 1 is 1.67 bits per heavy atom. The molecule has 0 saturated heterocycles. The maximum absolute atomic E-state index is 11.6. The van der Waals surface area contributed by atoms with Gasteiger partial charge in [-0.3, -0.25) is 9.48 Å². The van der Waals surface area contributed by atoms with Gasteiger partial charge in [-0.25, -0.2) is 0 Å². The second kappa shape index (κ2) is 4.93. The molecule has 0 radical (unpaired) electrons. The van der Waals surface area contributed by atoms with Crippen molar-refractivity contribution in [1.82, 2.24) is 15.1 Å². The maximum Gasteiger partial charge on any atom is 0.254 e. The molecule has 84 valence electrons. The number of aryl methyl sites for hydroxylation is 1. The Morgan fingerprint density at radius 2 is 2.33 bits per heavy atom. The van der Waals surface area contributed by atoms with Gasteiger partial charge < -0.3 is 10.4 Å². The summed E-state index contributed by atoms with van der Waals surface area (Å²) in [4.78, 5) is 11.6. The number of nitrogens with one attached hydrogen (secondary N) is 1. The van der Waals surface area contributed by atoms with Crippen molar-refractivity contribution in [3.05, 3.63) is 18.0 Å². The van der Waals surface area contributed by atoms with E-state index < -0.39 is 0 Å². The number of amides is 1. The standard InChI is InChI=1S/C10H17N3O2/c1-7(6-14)8(2)12-10(15)9-4-11-13(3)5-9/h4-5,7-8,14H,6H2,1-3H3,(H,12,15). The molecule has 0 bridgehead atoms. The quantitative estimate of drug-likeness (QED) is 0.746. The van der Waals surface area contributed by atoms with Crippen molar-refractivity contribution < 1.29 is 9.90 Å². The first-order valence-electron chi connectivity index (χ1n) is 4.95. The number of carbonyl (C=O) groups excluding carboxylic acids is 1.